The number of aromatic nitrogens is 3. The van der Waals surface area contributed by atoms with Crippen LogP contribution in [0.1, 0.15) is 25.0 Å². The Labute approximate surface area is 214 Å². The van der Waals surface area contributed by atoms with Crippen LogP contribution < -0.4 is 4.90 Å². The molecule has 1 N–H and O–H groups in total. The molecule has 1 unspecified atom stereocenters. The number of anilines is 1. The molecule has 3 aromatic rings. The molecule has 2 heterocycles. The normalized spacial score (nSPS) is 19.4. The van der Waals surface area contributed by atoms with E-state index in [9.17, 15) is 39.9 Å². The van der Waals surface area contributed by atoms with Crippen molar-refractivity contribution in [2.75, 3.05) is 24.5 Å². The standard InChI is InChI=1S/C23H23F6N5O3S/c1-15-12-32(20-8-5-17(33-14-30-13-31-33)11-19(20)22(24,25)26)9-10-34(15)38(36,37)18-6-3-16(4-7-18)21(2,35)23(27,28)29/h3-8,11,13-15,35H,9-10,12H2,1-2H3/t15-,21?/m1/s1. The third kappa shape index (κ3) is 5.09. The van der Waals surface area contributed by atoms with Gasteiger partial charge < -0.3 is 10.0 Å². The fourth-order valence-corrected chi connectivity index (χ4v) is 5.89. The van der Waals surface area contributed by atoms with Gasteiger partial charge in [-0.2, -0.15) is 35.7 Å². The van der Waals surface area contributed by atoms with Gasteiger partial charge in [-0.15, -0.1) is 0 Å². The Kier molecular flexibility index (Phi) is 6.99. The number of hydrogen-bond donors (Lipinski definition) is 1. The zero-order valence-corrected chi connectivity index (χ0v) is 20.9. The number of sulfonamides is 1. The summed E-state index contributed by atoms with van der Waals surface area (Å²) in [7, 11) is -4.19. The molecule has 0 bridgehead atoms. The number of piperazine rings is 1. The second-order valence-electron chi connectivity index (χ2n) is 9.04. The fraction of sp³-hybridized carbons (Fsp3) is 0.391. The van der Waals surface area contributed by atoms with Crippen molar-refractivity contribution in [2.24, 2.45) is 0 Å². The summed E-state index contributed by atoms with van der Waals surface area (Å²) in [5.41, 5.74) is -4.59. The van der Waals surface area contributed by atoms with E-state index < -0.39 is 45.1 Å². The second kappa shape index (κ2) is 9.54. The molecule has 38 heavy (non-hydrogen) atoms. The van der Waals surface area contributed by atoms with Crippen LogP contribution in [0.25, 0.3) is 5.69 Å². The Morgan fingerprint density at radius 1 is 1.00 bits per heavy atom. The monoisotopic (exact) mass is 563 g/mol. The first kappa shape index (κ1) is 27.9. The number of nitrogens with zero attached hydrogens (tertiary/aromatic N) is 5. The molecule has 1 aromatic heterocycles. The molecular formula is C23H23F6N5O3S. The summed E-state index contributed by atoms with van der Waals surface area (Å²) in [5.74, 6) is 0. The Morgan fingerprint density at radius 2 is 1.66 bits per heavy atom. The van der Waals surface area contributed by atoms with Crippen LogP contribution >= 0.6 is 0 Å². The molecule has 0 amide bonds. The van der Waals surface area contributed by atoms with Crippen LogP contribution in [0.3, 0.4) is 0 Å². The van der Waals surface area contributed by atoms with Gasteiger partial charge in [0.25, 0.3) is 0 Å². The quantitative estimate of drug-likeness (QED) is 0.473. The lowest BCUT2D eigenvalue weighted by atomic mass is 9.96. The highest BCUT2D eigenvalue weighted by atomic mass is 32.2. The smallest absolute Gasteiger partial charge is 0.376 e. The van der Waals surface area contributed by atoms with Crippen LogP contribution in [0.2, 0.25) is 0 Å². The Hall–Kier alpha value is -3.17. The molecule has 1 saturated heterocycles. The molecule has 0 saturated carbocycles. The molecule has 1 fully saturated rings. The summed E-state index contributed by atoms with van der Waals surface area (Å²) in [6, 6.07) is 6.62. The van der Waals surface area contributed by atoms with Gasteiger partial charge in [-0.3, -0.25) is 0 Å². The SMILES string of the molecule is C[C@@H]1CN(c2ccc(-n3cncn3)cc2C(F)(F)F)CCN1S(=O)(=O)c1ccc(C(C)(O)C(F)(F)F)cc1. The Balaban J connectivity index is 1.57. The minimum absolute atomic E-state index is 0.0593. The van der Waals surface area contributed by atoms with Gasteiger partial charge in [0, 0.05) is 31.4 Å². The summed E-state index contributed by atoms with van der Waals surface area (Å²) < 4.78 is 110. The number of hydrogen-bond acceptors (Lipinski definition) is 6. The first-order valence-corrected chi connectivity index (χ1v) is 12.7. The maximum Gasteiger partial charge on any atom is 0.421 e. The third-order valence-electron chi connectivity index (χ3n) is 6.45. The molecule has 206 valence electrons. The van der Waals surface area contributed by atoms with Crippen LogP contribution in [0.15, 0.2) is 60.0 Å². The zero-order valence-electron chi connectivity index (χ0n) is 20.1. The van der Waals surface area contributed by atoms with Crippen molar-refractivity contribution in [2.45, 2.75) is 42.7 Å². The lowest BCUT2D eigenvalue weighted by Gasteiger charge is -2.41. The lowest BCUT2D eigenvalue weighted by Crippen LogP contribution is -2.54. The van der Waals surface area contributed by atoms with Crippen molar-refractivity contribution in [3.8, 4) is 5.69 Å². The largest absolute Gasteiger partial charge is 0.421 e. The number of aliphatic hydroxyl groups is 1. The predicted octanol–water partition coefficient (Wildman–Crippen LogP) is 3.96. The predicted molar refractivity (Wildman–Crippen MR) is 124 cm³/mol. The molecule has 15 heteroatoms. The first-order valence-electron chi connectivity index (χ1n) is 11.3. The van der Waals surface area contributed by atoms with E-state index in [1.807, 2.05) is 0 Å². The van der Waals surface area contributed by atoms with Crippen LogP contribution in [0.4, 0.5) is 32.0 Å². The second-order valence-corrected chi connectivity index (χ2v) is 10.9. The summed E-state index contributed by atoms with van der Waals surface area (Å²) >= 11 is 0. The number of benzene rings is 2. The number of alkyl halides is 6. The van der Waals surface area contributed by atoms with Crippen LogP contribution in [0, 0.1) is 0 Å². The third-order valence-corrected chi connectivity index (χ3v) is 8.48. The van der Waals surface area contributed by atoms with Crippen molar-refractivity contribution < 1.29 is 39.9 Å². The van der Waals surface area contributed by atoms with E-state index in [1.54, 1.807) is 0 Å². The lowest BCUT2D eigenvalue weighted by molar-refractivity contribution is -0.258. The Morgan fingerprint density at radius 3 is 2.18 bits per heavy atom. The van der Waals surface area contributed by atoms with Gasteiger partial charge in [-0.25, -0.2) is 18.1 Å². The minimum Gasteiger partial charge on any atom is -0.376 e. The highest BCUT2D eigenvalue weighted by Crippen LogP contribution is 2.40. The van der Waals surface area contributed by atoms with E-state index in [-0.39, 0.29) is 35.9 Å². The molecule has 0 spiro atoms. The highest BCUT2D eigenvalue weighted by molar-refractivity contribution is 7.89. The Bertz CT molecular complexity index is 1390. The maximum absolute atomic E-state index is 13.9. The molecule has 0 aliphatic carbocycles. The van der Waals surface area contributed by atoms with Gasteiger partial charge in [0.15, 0.2) is 5.60 Å². The number of halogens is 6. The zero-order chi connectivity index (χ0) is 28.1. The molecule has 1 aliphatic heterocycles. The van der Waals surface area contributed by atoms with E-state index in [4.69, 9.17) is 0 Å². The van der Waals surface area contributed by atoms with Gasteiger partial charge in [-0.05, 0) is 49.7 Å². The van der Waals surface area contributed by atoms with Gasteiger partial charge in [-0.1, -0.05) is 12.1 Å². The van der Waals surface area contributed by atoms with Crippen LogP contribution in [-0.2, 0) is 21.8 Å². The molecule has 8 nitrogen and oxygen atoms in total. The van der Waals surface area contributed by atoms with Crippen molar-refractivity contribution in [3.63, 3.8) is 0 Å². The van der Waals surface area contributed by atoms with E-state index in [2.05, 4.69) is 10.1 Å². The summed E-state index contributed by atoms with van der Waals surface area (Å²) in [6.07, 6.45) is -7.22. The summed E-state index contributed by atoms with van der Waals surface area (Å²) in [6.45, 7) is 1.81. The van der Waals surface area contributed by atoms with Crippen LogP contribution in [-0.4, -0.2) is 64.4 Å². The first-order chi connectivity index (χ1) is 17.5. The van der Waals surface area contributed by atoms with Crippen molar-refractivity contribution in [3.05, 3.63) is 66.2 Å². The van der Waals surface area contributed by atoms with E-state index >= 15 is 0 Å². The molecule has 0 radical (unpaired) electrons. The summed E-state index contributed by atoms with van der Waals surface area (Å²) in [5, 5.41) is 13.7. The van der Waals surface area contributed by atoms with E-state index in [0.29, 0.717) is 6.92 Å². The molecular weight excluding hydrogens is 540 g/mol. The van der Waals surface area contributed by atoms with Gasteiger partial charge >= 0.3 is 12.4 Å². The summed E-state index contributed by atoms with van der Waals surface area (Å²) in [4.78, 5) is 4.87. The van der Waals surface area contributed by atoms with Crippen molar-refractivity contribution in [1.29, 1.82) is 0 Å². The highest BCUT2D eigenvalue weighted by Gasteiger charge is 2.51. The average molecular weight is 564 g/mol. The maximum atomic E-state index is 13.9. The molecule has 1 aliphatic rings. The molecule has 2 aromatic carbocycles. The van der Waals surface area contributed by atoms with Crippen molar-refractivity contribution in [1.82, 2.24) is 19.1 Å². The van der Waals surface area contributed by atoms with Crippen LogP contribution in [0.5, 0.6) is 0 Å². The molecule has 2 atom stereocenters. The van der Waals surface area contributed by atoms with Crippen molar-refractivity contribution >= 4 is 15.7 Å². The van der Waals surface area contributed by atoms with E-state index in [1.165, 1.54) is 41.3 Å². The van der Waals surface area contributed by atoms with E-state index in [0.717, 1.165) is 34.6 Å². The molecule has 4 rings (SSSR count). The average Bonchev–Trinajstić information content (AvgIpc) is 3.37. The number of rotatable bonds is 5. The topological polar surface area (TPSA) is 91.6 Å². The van der Waals surface area contributed by atoms with Gasteiger partial charge in [0.1, 0.15) is 12.7 Å². The van der Waals surface area contributed by atoms with Gasteiger partial charge in [0.2, 0.25) is 10.0 Å². The van der Waals surface area contributed by atoms with Gasteiger partial charge in [0.05, 0.1) is 16.1 Å². The minimum atomic E-state index is -4.97. The fourth-order valence-electron chi connectivity index (χ4n) is 4.28.